The van der Waals surface area contributed by atoms with Crippen LogP contribution in [0.3, 0.4) is 0 Å². The summed E-state index contributed by atoms with van der Waals surface area (Å²) in [6.45, 7) is 0. The van der Waals surface area contributed by atoms with E-state index in [0.717, 1.165) is 27.3 Å². The van der Waals surface area contributed by atoms with Gasteiger partial charge in [-0.15, -0.1) is 0 Å². The number of amides is 2. The van der Waals surface area contributed by atoms with Gasteiger partial charge >= 0.3 is 11.9 Å². The molecule has 3 aliphatic rings. The number of para-hydroxylation sites is 2. The third-order valence-corrected chi connectivity index (χ3v) is 8.65. The van der Waals surface area contributed by atoms with Crippen molar-refractivity contribution in [1.82, 2.24) is 0 Å². The van der Waals surface area contributed by atoms with Crippen LogP contribution in [0, 0.1) is 11.8 Å². The summed E-state index contributed by atoms with van der Waals surface area (Å²) in [4.78, 5) is 58.6. The SMILES string of the molecule is COC(=O)c1ccccc1N1C(=O)[C@@H]2[C@H](C1=O)[C@@H](C(=O)OC(c1ccccc1)c1ccccc1)N1c3ccccc3C=C[C@H]21. The summed E-state index contributed by atoms with van der Waals surface area (Å²) in [7, 11) is 1.24. The zero-order valence-electron chi connectivity index (χ0n) is 23.8. The Balaban J connectivity index is 1.33. The Morgan fingerprint density at radius 2 is 1.27 bits per heavy atom. The Morgan fingerprint density at radius 1 is 0.705 bits per heavy atom. The van der Waals surface area contributed by atoms with Gasteiger partial charge in [0.2, 0.25) is 11.8 Å². The summed E-state index contributed by atoms with van der Waals surface area (Å²) in [6.07, 6.45) is 3.06. The Hall–Kier alpha value is -5.50. The summed E-state index contributed by atoms with van der Waals surface area (Å²) in [6, 6.07) is 31.1. The van der Waals surface area contributed by atoms with Crippen molar-refractivity contribution in [2.45, 2.75) is 18.2 Å². The zero-order valence-corrected chi connectivity index (χ0v) is 23.8. The number of imide groups is 1. The number of esters is 2. The molecule has 0 N–H and O–H groups in total. The van der Waals surface area contributed by atoms with E-state index >= 15 is 0 Å². The van der Waals surface area contributed by atoms with E-state index in [9.17, 15) is 19.2 Å². The van der Waals surface area contributed by atoms with Crippen molar-refractivity contribution in [2.24, 2.45) is 11.8 Å². The summed E-state index contributed by atoms with van der Waals surface area (Å²) in [5.74, 6) is -4.25. The molecule has 7 rings (SSSR count). The molecule has 0 aromatic heterocycles. The fraction of sp³-hybridized carbons (Fsp3) is 0.167. The number of carbonyl (C=O) groups is 4. The molecule has 4 aromatic carbocycles. The van der Waals surface area contributed by atoms with Crippen LogP contribution in [0.1, 0.15) is 33.2 Å². The minimum atomic E-state index is -1.10. The lowest BCUT2D eigenvalue weighted by atomic mass is 9.88. The number of rotatable bonds is 6. The molecule has 8 heteroatoms. The number of benzene rings is 4. The zero-order chi connectivity index (χ0) is 30.4. The Labute approximate surface area is 254 Å². The molecule has 4 aromatic rings. The van der Waals surface area contributed by atoms with E-state index in [1.807, 2.05) is 102 Å². The van der Waals surface area contributed by atoms with Gasteiger partial charge in [0.15, 0.2) is 6.10 Å². The Morgan fingerprint density at radius 3 is 1.93 bits per heavy atom. The quantitative estimate of drug-likeness (QED) is 0.227. The number of carbonyl (C=O) groups excluding carboxylic acids is 4. The van der Waals surface area contributed by atoms with E-state index in [0.29, 0.717) is 0 Å². The maximum absolute atomic E-state index is 14.5. The molecular formula is C36H28N2O6. The van der Waals surface area contributed by atoms with Crippen LogP contribution in [-0.4, -0.2) is 42.9 Å². The van der Waals surface area contributed by atoms with Gasteiger partial charge in [0.1, 0.15) is 6.04 Å². The van der Waals surface area contributed by atoms with E-state index in [-0.39, 0.29) is 11.3 Å². The van der Waals surface area contributed by atoms with E-state index < -0.39 is 53.8 Å². The summed E-state index contributed by atoms with van der Waals surface area (Å²) >= 11 is 0. The topological polar surface area (TPSA) is 93.2 Å². The number of hydrogen-bond acceptors (Lipinski definition) is 7. The lowest BCUT2D eigenvalue weighted by Crippen LogP contribution is -2.49. The minimum absolute atomic E-state index is 0.0883. The maximum Gasteiger partial charge on any atom is 0.339 e. The van der Waals surface area contributed by atoms with Gasteiger partial charge < -0.3 is 14.4 Å². The van der Waals surface area contributed by atoms with Crippen LogP contribution >= 0.6 is 0 Å². The van der Waals surface area contributed by atoms with Gasteiger partial charge in [-0.05, 0) is 34.9 Å². The van der Waals surface area contributed by atoms with Crippen molar-refractivity contribution >= 4 is 41.2 Å². The first-order chi connectivity index (χ1) is 21.5. The Bertz CT molecular complexity index is 1760. The van der Waals surface area contributed by atoms with Gasteiger partial charge in [0, 0.05) is 5.69 Å². The lowest BCUT2D eigenvalue weighted by Gasteiger charge is -2.36. The average Bonchev–Trinajstić information content (AvgIpc) is 3.56. The highest BCUT2D eigenvalue weighted by Crippen LogP contribution is 2.50. The highest BCUT2D eigenvalue weighted by Gasteiger charge is 2.65. The smallest absolute Gasteiger partial charge is 0.339 e. The molecule has 2 fully saturated rings. The Kier molecular flexibility index (Phi) is 6.81. The van der Waals surface area contributed by atoms with Crippen molar-refractivity contribution in [1.29, 1.82) is 0 Å². The highest BCUT2D eigenvalue weighted by molar-refractivity contribution is 6.26. The molecule has 4 atom stereocenters. The predicted octanol–water partition coefficient (Wildman–Crippen LogP) is 5.20. The van der Waals surface area contributed by atoms with Crippen molar-refractivity contribution in [3.8, 4) is 0 Å². The van der Waals surface area contributed by atoms with Gasteiger partial charge in [-0.25, -0.2) is 14.5 Å². The molecule has 0 bridgehead atoms. The lowest BCUT2D eigenvalue weighted by molar-refractivity contribution is -0.151. The van der Waals surface area contributed by atoms with Gasteiger partial charge in [-0.3, -0.25) is 9.59 Å². The second kappa shape index (κ2) is 11.0. The van der Waals surface area contributed by atoms with Crippen molar-refractivity contribution < 1.29 is 28.7 Å². The van der Waals surface area contributed by atoms with Gasteiger partial charge in [0.05, 0.1) is 36.2 Å². The second-order valence-corrected chi connectivity index (χ2v) is 11.0. The van der Waals surface area contributed by atoms with E-state index in [1.54, 1.807) is 18.2 Å². The molecule has 0 spiro atoms. The highest BCUT2D eigenvalue weighted by atomic mass is 16.5. The van der Waals surface area contributed by atoms with Gasteiger partial charge in [0.25, 0.3) is 0 Å². The minimum Gasteiger partial charge on any atom is -0.465 e. The number of methoxy groups -OCH3 is 1. The normalized spacial score (nSPS) is 21.6. The third kappa shape index (κ3) is 4.29. The molecule has 44 heavy (non-hydrogen) atoms. The largest absolute Gasteiger partial charge is 0.465 e. The molecule has 3 heterocycles. The average molecular weight is 585 g/mol. The molecule has 2 saturated heterocycles. The predicted molar refractivity (Wildman–Crippen MR) is 164 cm³/mol. The molecule has 2 amide bonds. The van der Waals surface area contributed by atoms with Crippen LogP contribution < -0.4 is 9.80 Å². The van der Waals surface area contributed by atoms with Crippen molar-refractivity contribution in [2.75, 3.05) is 16.9 Å². The van der Waals surface area contributed by atoms with E-state index in [2.05, 4.69) is 0 Å². The number of ether oxygens (including phenoxy) is 2. The molecule has 3 aliphatic heterocycles. The molecular weight excluding hydrogens is 556 g/mol. The number of nitrogens with zero attached hydrogens (tertiary/aromatic N) is 2. The van der Waals surface area contributed by atoms with Crippen LogP contribution in [0.15, 0.2) is 115 Å². The molecule has 0 saturated carbocycles. The summed E-state index contributed by atoms with van der Waals surface area (Å²) in [5, 5.41) is 0. The second-order valence-electron chi connectivity index (χ2n) is 11.0. The number of hydrogen-bond donors (Lipinski definition) is 0. The first kappa shape index (κ1) is 27.3. The third-order valence-electron chi connectivity index (χ3n) is 8.65. The summed E-state index contributed by atoms with van der Waals surface area (Å²) in [5.41, 5.74) is 3.39. The van der Waals surface area contributed by atoms with E-state index in [1.165, 1.54) is 13.2 Å². The fourth-order valence-electron chi connectivity index (χ4n) is 6.74. The monoisotopic (exact) mass is 584 g/mol. The molecule has 0 unspecified atom stereocenters. The fourth-order valence-corrected chi connectivity index (χ4v) is 6.74. The van der Waals surface area contributed by atoms with Crippen LogP contribution in [0.4, 0.5) is 11.4 Å². The summed E-state index contributed by atoms with van der Waals surface area (Å²) < 4.78 is 11.3. The van der Waals surface area contributed by atoms with Crippen LogP contribution in [-0.2, 0) is 23.9 Å². The molecule has 218 valence electrons. The number of fused-ring (bicyclic) bond motifs is 5. The molecule has 0 aliphatic carbocycles. The standard InChI is InChI=1S/C36H28N2O6/c1-43-35(41)25-17-9-11-19-27(25)38-33(39)29-28-21-20-22-12-8-10-18-26(22)37(28)31(30(29)34(38)40)36(42)44-32(23-13-4-2-5-14-23)24-15-6-3-7-16-24/h2-21,28-32H,1H3/t28-,29+,30+,31+/m1/s1. The first-order valence-electron chi connectivity index (χ1n) is 14.4. The van der Waals surface area contributed by atoms with Crippen LogP contribution in [0.5, 0.6) is 0 Å². The van der Waals surface area contributed by atoms with Gasteiger partial charge in [-0.2, -0.15) is 0 Å². The van der Waals surface area contributed by atoms with Crippen LogP contribution in [0.25, 0.3) is 6.08 Å². The van der Waals surface area contributed by atoms with E-state index in [4.69, 9.17) is 9.47 Å². The molecule has 0 radical (unpaired) electrons. The van der Waals surface area contributed by atoms with Crippen LogP contribution in [0.2, 0.25) is 0 Å². The van der Waals surface area contributed by atoms with Gasteiger partial charge in [-0.1, -0.05) is 103 Å². The number of anilines is 2. The van der Waals surface area contributed by atoms with Crippen molar-refractivity contribution in [3.05, 3.63) is 138 Å². The first-order valence-corrected chi connectivity index (χ1v) is 14.4. The van der Waals surface area contributed by atoms with Crippen molar-refractivity contribution in [3.63, 3.8) is 0 Å². The molecule has 8 nitrogen and oxygen atoms in total. The maximum atomic E-state index is 14.5.